The summed E-state index contributed by atoms with van der Waals surface area (Å²) in [5, 5.41) is 4.48. The van der Waals surface area contributed by atoms with Gasteiger partial charge in [-0.05, 0) is 36.4 Å². The van der Waals surface area contributed by atoms with Crippen molar-refractivity contribution in [3.63, 3.8) is 0 Å². The largest absolute Gasteiger partial charge is 0.441 e. The molecule has 1 heterocycles. The van der Waals surface area contributed by atoms with E-state index in [1.54, 1.807) is 24.3 Å². The van der Waals surface area contributed by atoms with Crippen molar-refractivity contribution in [2.24, 2.45) is 0 Å². The molecule has 1 aromatic heterocycles. The highest BCUT2D eigenvalue weighted by molar-refractivity contribution is 6.30. The third-order valence-corrected chi connectivity index (χ3v) is 2.90. The second-order valence-corrected chi connectivity index (χ2v) is 4.39. The quantitative estimate of drug-likeness (QED) is 0.775. The van der Waals surface area contributed by atoms with Gasteiger partial charge in [0, 0.05) is 10.7 Å². The molecule has 0 atom stereocenters. The molecule has 0 spiro atoms. The highest BCUT2D eigenvalue weighted by Crippen LogP contribution is 2.23. The molecule has 4 nitrogen and oxygen atoms in total. The minimum Gasteiger partial charge on any atom is -0.408 e. The van der Waals surface area contributed by atoms with E-state index in [-0.39, 0.29) is 0 Å². The lowest BCUT2D eigenvalue weighted by atomic mass is 10.2. The van der Waals surface area contributed by atoms with Crippen molar-refractivity contribution in [3.8, 4) is 0 Å². The molecule has 0 unspecified atom stereocenters. The van der Waals surface area contributed by atoms with Gasteiger partial charge in [-0.3, -0.25) is 0 Å². The zero-order valence-electron chi connectivity index (χ0n) is 9.76. The fourth-order valence-corrected chi connectivity index (χ4v) is 1.91. The van der Waals surface area contributed by atoms with Crippen LogP contribution >= 0.6 is 11.6 Å². The number of halogens is 1. The number of benzene rings is 2. The van der Waals surface area contributed by atoms with Crippen LogP contribution < -0.4 is 11.1 Å². The molecule has 3 aromatic rings. The van der Waals surface area contributed by atoms with E-state index in [0.29, 0.717) is 16.4 Å². The average molecular weight is 273 g/mol. The van der Waals surface area contributed by atoms with Crippen LogP contribution in [0.25, 0.3) is 11.0 Å². The topological polar surface area (TPSA) is 55.1 Å². The summed E-state index contributed by atoms with van der Waals surface area (Å²) in [7, 11) is 0. The fourth-order valence-electron chi connectivity index (χ4n) is 1.78. The SMILES string of the molecule is O=c1nc(Nc2ccc(Cl)cc2)c2ccccc2o1. The molecule has 0 aliphatic heterocycles. The molecule has 1 N–H and O–H groups in total. The Morgan fingerprint density at radius 3 is 2.58 bits per heavy atom. The standard InChI is InChI=1S/C14H9ClN2O2/c15-9-5-7-10(8-6-9)16-13-11-3-1-2-4-12(11)19-14(18)17-13/h1-8H,(H,16,17,18). The van der Waals surface area contributed by atoms with Gasteiger partial charge in [0.05, 0.1) is 5.39 Å². The monoisotopic (exact) mass is 272 g/mol. The van der Waals surface area contributed by atoms with E-state index < -0.39 is 5.76 Å². The minimum absolute atomic E-state index is 0.467. The maximum Gasteiger partial charge on any atom is 0.441 e. The first-order chi connectivity index (χ1) is 9.22. The van der Waals surface area contributed by atoms with Gasteiger partial charge < -0.3 is 9.73 Å². The van der Waals surface area contributed by atoms with Gasteiger partial charge >= 0.3 is 5.76 Å². The summed E-state index contributed by atoms with van der Waals surface area (Å²) in [6.07, 6.45) is 0. The lowest BCUT2D eigenvalue weighted by molar-refractivity contribution is 0.533. The Morgan fingerprint density at radius 2 is 1.79 bits per heavy atom. The fraction of sp³-hybridized carbons (Fsp3) is 0. The van der Waals surface area contributed by atoms with Crippen LogP contribution in [0.2, 0.25) is 5.02 Å². The van der Waals surface area contributed by atoms with E-state index in [1.807, 2.05) is 24.3 Å². The summed E-state index contributed by atoms with van der Waals surface area (Å²) >= 11 is 5.83. The Labute approximate surface area is 113 Å². The first kappa shape index (κ1) is 11.7. The molecule has 0 fully saturated rings. The first-order valence-electron chi connectivity index (χ1n) is 5.65. The smallest absolute Gasteiger partial charge is 0.408 e. The van der Waals surface area contributed by atoms with Crippen molar-refractivity contribution in [1.82, 2.24) is 4.98 Å². The van der Waals surface area contributed by atoms with Crippen molar-refractivity contribution in [1.29, 1.82) is 0 Å². The average Bonchev–Trinajstić information content (AvgIpc) is 2.41. The molecule has 19 heavy (non-hydrogen) atoms. The molecule has 0 bridgehead atoms. The van der Waals surface area contributed by atoms with Crippen LogP contribution in [0.4, 0.5) is 11.5 Å². The summed E-state index contributed by atoms with van der Waals surface area (Å²) < 4.78 is 5.03. The van der Waals surface area contributed by atoms with E-state index in [1.165, 1.54) is 0 Å². The van der Waals surface area contributed by atoms with Crippen molar-refractivity contribution in [2.75, 3.05) is 5.32 Å². The number of nitrogens with one attached hydrogen (secondary N) is 1. The van der Waals surface area contributed by atoms with Crippen LogP contribution in [0.1, 0.15) is 0 Å². The predicted molar refractivity (Wildman–Crippen MR) is 75.0 cm³/mol. The van der Waals surface area contributed by atoms with Gasteiger partial charge in [-0.25, -0.2) is 4.79 Å². The summed E-state index contributed by atoms with van der Waals surface area (Å²) in [6, 6.07) is 14.4. The number of hydrogen-bond acceptors (Lipinski definition) is 4. The van der Waals surface area contributed by atoms with Gasteiger partial charge in [-0.15, -0.1) is 0 Å². The molecule has 0 radical (unpaired) electrons. The molecule has 0 aliphatic rings. The van der Waals surface area contributed by atoms with Crippen molar-refractivity contribution in [2.45, 2.75) is 0 Å². The summed E-state index contributed by atoms with van der Waals surface area (Å²) in [6.45, 7) is 0. The van der Waals surface area contributed by atoms with Crippen molar-refractivity contribution >= 4 is 34.1 Å². The third-order valence-electron chi connectivity index (χ3n) is 2.65. The van der Waals surface area contributed by atoms with Crippen LogP contribution in [0.3, 0.4) is 0 Å². The highest BCUT2D eigenvalue weighted by atomic mass is 35.5. The molecule has 2 aromatic carbocycles. The Balaban J connectivity index is 2.09. The molecule has 0 saturated carbocycles. The first-order valence-corrected chi connectivity index (χ1v) is 6.03. The maximum absolute atomic E-state index is 11.4. The van der Waals surface area contributed by atoms with Gasteiger partial charge in [-0.1, -0.05) is 23.7 Å². The molecule has 3 rings (SSSR count). The normalized spacial score (nSPS) is 10.6. The molecule has 0 aliphatic carbocycles. The molecule has 0 saturated heterocycles. The zero-order chi connectivity index (χ0) is 13.2. The van der Waals surface area contributed by atoms with Gasteiger partial charge in [0.25, 0.3) is 0 Å². The van der Waals surface area contributed by atoms with Gasteiger partial charge in [0.1, 0.15) is 11.4 Å². The van der Waals surface area contributed by atoms with E-state index in [2.05, 4.69) is 10.3 Å². The summed E-state index contributed by atoms with van der Waals surface area (Å²) in [5.74, 6) is -0.163. The Kier molecular flexibility index (Phi) is 2.93. The van der Waals surface area contributed by atoms with Crippen LogP contribution in [-0.4, -0.2) is 4.98 Å². The zero-order valence-corrected chi connectivity index (χ0v) is 10.5. The van der Waals surface area contributed by atoms with Crippen LogP contribution in [0.5, 0.6) is 0 Å². The molecule has 5 heteroatoms. The second kappa shape index (κ2) is 4.74. The minimum atomic E-state index is -0.629. The summed E-state index contributed by atoms with van der Waals surface area (Å²) in [5.41, 5.74) is 1.30. The number of rotatable bonds is 2. The predicted octanol–water partition coefficient (Wildman–Crippen LogP) is 3.59. The van der Waals surface area contributed by atoms with Crippen LogP contribution in [0, 0.1) is 0 Å². The van der Waals surface area contributed by atoms with E-state index >= 15 is 0 Å². The van der Waals surface area contributed by atoms with Gasteiger partial charge in [0.2, 0.25) is 0 Å². The Morgan fingerprint density at radius 1 is 1.05 bits per heavy atom. The lowest BCUT2D eigenvalue weighted by Crippen LogP contribution is -2.07. The number of aromatic nitrogens is 1. The van der Waals surface area contributed by atoms with Crippen molar-refractivity contribution < 1.29 is 4.42 Å². The lowest BCUT2D eigenvalue weighted by Gasteiger charge is -2.07. The molecule has 0 amide bonds. The van der Waals surface area contributed by atoms with Crippen molar-refractivity contribution in [3.05, 3.63) is 64.1 Å². The number of nitrogens with zero attached hydrogens (tertiary/aromatic N) is 1. The molecular formula is C14H9ClN2O2. The van der Waals surface area contributed by atoms with Crippen LogP contribution in [0.15, 0.2) is 57.7 Å². The van der Waals surface area contributed by atoms with E-state index in [0.717, 1.165) is 11.1 Å². The second-order valence-electron chi connectivity index (χ2n) is 3.96. The highest BCUT2D eigenvalue weighted by Gasteiger charge is 2.06. The Bertz CT molecular complexity index is 781. The summed E-state index contributed by atoms with van der Waals surface area (Å²) in [4.78, 5) is 15.3. The van der Waals surface area contributed by atoms with E-state index in [9.17, 15) is 4.79 Å². The van der Waals surface area contributed by atoms with Crippen LogP contribution in [-0.2, 0) is 0 Å². The number of hydrogen-bond donors (Lipinski definition) is 1. The molecule has 94 valence electrons. The molecular weight excluding hydrogens is 264 g/mol. The number of fused-ring (bicyclic) bond motifs is 1. The Hall–Kier alpha value is -2.33. The number of anilines is 2. The van der Waals surface area contributed by atoms with Gasteiger partial charge in [0.15, 0.2) is 0 Å². The maximum atomic E-state index is 11.4. The van der Waals surface area contributed by atoms with E-state index in [4.69, 9.17) is 16.0 Å². The van der Waals surface area contributed by atoms with Gasteiger partial charge in [-0.2, -0.15) is 4.98 Å². The number of para-hydroxylation sites is 1. The third kappa shape index (κ3) is 2.44.